The summed E-state index contributed by atoms with van der Waals surface area (Å²) in [6.07, 6.45) is 0. The second-order valence-corrected chi connectivity index (χ2v) is 7.24. The number of hydrogen-bond acceptors (Lipinski definition) is 3. The molecule has 0 radical (unpaired) electrons. The van der Waals surface area contributed by atoms with E-state index in [2.05, 4.69) is 0 Å². The SMILES string of the molecule is Cc1cc(C)cc(C(N)CS(=O)(=O)c2ccccc2F)c1. The van der Waals surface area contributed by atoms with Crippen LogP contribution in [0.2, 0.25) is 0 Å². The molecule has 0 heterocycles. The Bertz CT molecular complexity index is 736. The lowest BCUT2D eigenvalue weighted by molar-refractivity contribution is 0.562. The first kappa shape index (κ1) is 15.7. The van der Waals surface area contributed by atoms with Crippen molar-refractivity contribution >= 4 is 9.84 Å². The van der Waals surface area contributed by atoms with Gasteiger partial charge in [0, 0.05) is 6.04 Å². The lowest BCUT2D eigenvalue weighted by Crippen LogP contribution is -2.22. The highest BCUT2D eigenvalue weighted by Crippen LogP contribution is 2.22. The van der Waals surface area contributed by atoms with Gasteiger partial charge >= 0.3 is 0 Å². The van der Waals surface area contributed by atoms with Crippen LogP contribution in [0.1, 0.15) is 22.7 Å². The van der Waals surface area contributed by atoms with Gasteiger partial charge in [0.1, 0.15) is 10.7 Å². The number of benzene rings is 2. The molecule has 0 aliphatic carbocycles. The number of nitrogens with two attached hydrogens (primary N) is 1. The molecule has 0 aromatic heterocycles. The van der Waals surface area contributed by atoms with Crippen molar-refractivity contribution in [3.63, 3.8) is 0 Å². The summed E-state index contributed by atoms with van der Waals surface area (Å²) in [5, 5.41) is 0. The molecule has 0 amide bonds. The Morgan fingerprint density at radius 2 is 1.67 bits per heavy atom. The molecule has 2 rings (SSSR count). The Kier molecular flexibility index (Phi) is 4.44. The summed E-state index contributed by atoms with van der Waals surface area (Å²) in [5.41, 5.74) is 8.78. The molecular formula is C16H18FNO2S. The van der Waals surface area contributed by atoms with Gasteiger partial charge in [-0.25, -0.2) is 12.8 Å². The Hall–Kier alpha value is -1.72. The van der Waals surface area contributed by atoms with Crippen LogP contribution in [0, 0.1) is 19.7 Å². The average Bonchev–Trinajstić information content (AvgIpc) is 2.37. The van der Waals surface area contributed by atoms with Crippen LogP contribution in [-0.4, -0.2) is 14.2 Å². The fourth-order valence-corrected chi connectivity index (χ4v) is 3.84. The molecule has 3 nitrogen and oxygen atoms in total. The maximum atomic E-state index is 13.6. The van der Waals surface area contributed by atoms with E-state index in [1.54, 1.807) is 0 Å². The normalized spacial score (nSPS) is 13.1. The molecule has 2 aromatic carbocycles. The van der Waals surface area contributed by atoms with E-state index in [4.69, 9.17) is 5.73 Å². The molecule has 2 aromatic rings. The zero-order valence-corrected chi connectivity index (χ0v) is 12.8. The van der Waals surface area contributed by atoms with Crippen LogP contribution in [0.25, 0.3) is 0 Å². The largest absolute Gasteiger partial charge is 0.323 e. The van der Waals surface area contributed by atoms with Gasteiger partial charge < -0.3 is 5.73 Å². The molecule has 0 saturated heterocycles. The summed E-state index contributed by atoms with van der Waals surface area (Å²) in [5.74, 6) is -1.07. The van der Waals surface area contributed by atoms with Gasteiger partial charge in [-0.3, -0.25) is 0 Å². The Labute approximate surface area is 124 Å². The molecule has 0 fully saturated rings. The highest BCUT2D eigenvalue weighted by atomic mass is 32.2. The van der Waals surface area contributed by atoms with Crippen LogP contribution in [0.3, 0.4) is 0 Å². The van der Waals surface area contributed by atoms with Crippen LogP contribution in [0.15, 0.2) is 47.4 Å². The van der Waals surface area contributed by atoms with Crippen molar-refractivity contribution in [3.8, 4) is 0 Å². The number of aryl methyl sites for hydroxylation is 2. The van der Waals surface area contributed by atoms with Gasteiger partial charge in [0.15, 0.2) is 9.84 Å². The average molecular weight is 307 g/mol. The maximum absolute atomic E-state index is 13.6. The minimum Gasteiger partial charge on any atom is -0.323 e. The van der Waals surface area contributed by atoms with Crippen molar-refractivity contribution in [1.29, 1.82) is 0 Å². The predicted molar refractivity (Wildman–Crippen MR) is 81.3 cm³/mol. The van der Waals surface area contributed by atoms with E-state index >= 15 is 0 Å². The molecule has 1 atom stereocenters. The summed E-state index contributed by atoms with van der Waals surface area (Å²) >= 11 is 0. The molecule has 0 saturated carbocycles. The van der Waals surface area contributed by atoms with Crippen molar-refractivity contribution < 1.29 is 12.8 Å². The predicted octanol–water partition coefficient (Wildman–Crippen LogP) is 2.92. The van der Waals surface area contributed by atoms with Gasteiger partial charge in [0.05, 0.1) is 5.75 Å². The summed E-state index contributed by atoms with van der Waals surface area (Å²) in [6.45, 7) is 3.85. The molecule has 21 heavy (non-hydrogen) atoms. The highest BCUT2D eigenvalue weighted by molar-refractivity contribution is 7.91. The molecular weight excluding hydrogens is 289 g/mol. The Morgan fingerprint density at radius 1 is 1.10 bits per heavy atom. The smallest absolute Gasteiger partial charge is 0.183 e. The maximum Gasteiger partial charge on any atom is 0.183 e. The minimum absolute atomic E-state index is 0.301. The van der Waals surface area contributed by atoms with Crippen LogP contribution in [0.4, 0.5) is 4.39 Å². The van der Waals surface area contributed by atoms with Crippen molar-refractivity contribution in [2.45, 2.75) is 24.8 Å². The van der Waals surface area contributed by atoms with Crippen molar-refractivity contribution in [3.05, 3.63) is 65.0 Å². The zero-order valence-electron chi connectivity index (χ0n) is 12.0. The summed E-state index contributed by atoms with van der Waals surface area (Å²) in [4.78, 5) is -0.301. The van der Waals surface area contributed by atoms with E-state index in [0.717, 1.165) is 22.8 Å². The molecule has 0 bridgehead atoms. The van der Waals surface area contributed by atoms with Crippen molar-refractivity contribution in [2.24, 2.45) is 5.73 Å². The van der Waals surface area contributed by atoms with E-state index in [-0.39, 0.29) is 10.6 Å². The quantitative estimate of drug-likeness (QED) is 0.944. The fourth-order valence-electron chi connectivity index (χ4n) is 2.34. The Morgan fingerprint density at radius 3 is 2.24 bits per heavy atom. The van der Waals surface area contributed by atoms with Crippen LogP contribution in [0.5, 0.6) is 0 Å². The van der Waals surface area contributed by atoms with Gasteiger partial charge in [0.2, 0.25) is 0 Å². The van der Waals surface area contributed by atoms with Crippen molar-refractivity contribution in [2.75, 3.05) is 5.75 Å². The fraction of sp³-hybridized carbons (Fsp3) is 0.250. The topological polar surface area (TPSA) is 60.2 Å². The standard InChI is InChI=1S/C16H18FNO2S/c1-11-7-12(2)9-13(8-11)15(18)10-21(19,20)16-6-4-3-5-14(16)17/h3-9,15H,10,18H2,1-2H3. The number of halogens is 1. The molecule has 2 N–H and O–H groups in total. The van der Waals surface area contributed by atoms with E-state index < -0.39 is 21.7 Å². The molecule has 5 heteroatoms. The van der Waals surface area contributed by atoms with Gasteiger partial charge in [-0.05, 0) is 31.5 Å². The van der Waals surface area contributed by atoms with Gasteiger partial charge in [-0.1, -0.05) is 41.5 Å². The molecule has 112 valence electrons. The third kappa shape index (κ3) is 3.68. The molecule has 0 aliphatic heterocycles. The van der Waals surface area contributed by atoms with Gasteiger partial charge in [-0.2, -0.15) is 0 Å². The van der Waals surface area contributed by atoms with Gasteiger partial charge in [-0.15, -0.1) is 0 Å². The van der Waals surface area contributed by atoms with E-state index in [9.17, 15) is 12.8 Å². The first-order chi connectivity index (χ1) is 9.79. The first-order valence-electron chi connectivity index (χ1n) is 6.60. The third-order valence-corrected chi connectivity index (χ3v) is 5.04. The molecule has 1 unspecified atom stereocenters. The number of sulfone groups is 1. The molecule has 0 aliphatic rings. The first-order valence-corrected chi connectivity index (χ1v) is 8.26. The summed E-state index contributed by atoms with van der Waals surface area (Å²) in [6, 6.07) is 10.4. The summed E-state index contributed by atoms with van der Waals surface area (Å²) in [7, 11) is -3.76. The minimum atomic E-state index is -3.76. The lowest BCUT2D eigenvalue weighted by atomic mass is 10.0. The number of rotatable bonds is 4. The Balaban J connectivity index is 2.30. The zero-order chi connectivity index (χ0) is 15.6. The second-order valence-electron chi connectivity index (χ2n) is 5.24. The summed E-state index contributed by atoms with van der Waals surface area (Å²) < 4.78 is 38.2. The molecule has 0 spiro atoms. The third-order valence-electron chi connectivity index (χ3n) is 3.24. The monoisotopic (exact) mass is 307 g/mol. The van der Waals surface area contributed by atoms with Crippen LogP contribution >= 0.6 is 0 Å². The van der Waals surface area contributed by atoms with Crippen molar-refractivity contribution in [1.82, 2.24) is 0 Å². The number of hydrogen-bond donors (Lipinski definition) is 1. The van der Waals surface area contributed by atoms with Gasteiger partial charge in [0.25, 0.3) is 0 Å². The van der Waals surface area contributed by atoms with Crippen LogP contribution < -0.4 is 5.73 Å². The van der Waals surface area contributed by atoms with Crippen LogP contribution in [-0.2, 0) is 9.84 Å². The van der Waals surface area contributed by atoms with E-state index in [1.165, 1.54) is 18.2 Å². The second kappa shape index (κ2) is 5.95. The van der Waals surface area contributed by atoms with E-state index in [0.29, 0.717) is 0 Å². The highest BCUT2D eigenvalue weighted by Gasteiger charge is 2.23. The van der Waals surface area contributed by atoms with E-state index in [1.807, 2.05) is 32.0 Å². The lowest BCUT2D eigenvalue weighted by Gasteiger charge is -2.14.